The Kier molecular flexibility index (Phi) is 4.01. The van der Waals surface area contributed by atoms with Crippen molar-refractivity contribution in [3.05, 3.63) is 65.8 Å². The van der Waals surface area contributed by atoms with Crippen LogP contribution in [0, 0.1) is 0 Å². The monoisotopic (exact) mass is 378 g/mol. The van der Waals surface area contributed by atoms with Gasteiger partial charge in [0.15, 0.2) is 17.2 Å². The summed E-state index contributed by atoms with van der Waals surface area (Å²) in [5.41, 5.74) is 1.96. The van der Waals surface area contributed by atoms with Gasteiger partial charge in [0.1, 0.15) is 0 Å². The predicted molar refractivity (Wildman–Crippen MR) is 103 cm³/mol. The van der Waals surface area contributed by atoms with E-state index in [0.29, 0.717) is 12.3 Å². The predicted octanol–water partition coefficient (Wildman–Crippen LogP) is 4.07. The van der Waals surface area contributed by atoms with Crippen molar-refractivity contribution in [3.8, 4) is 10.4 Å². The second-order valence-corrected chi connectivity index (χ2v) is 7.68. The normalized spacial score (nSPS) is 17.5. The molecule has 0 unspecified atom stereocenters. The number of rotatable bonds is 3. The summed E-state index contributed by atoms with van der Waals surface area (Å²) >= 11 is 1.71. The quantitative estimate of drug-likeness (QED) is 0.539. The van der Waals surface area contributed by atoms with Crippen LogP contribution in [0.4, 0.5) is 0 Å². The van der Waals surface area contributed by atoms with Crippen LogP contribution in [0.3, 0.4) is 0 Å². The van der Waals surface area contributed by atoms with Crippen LogP contribution in [0.2, 0.25) is 0 Å². The van der Waals surface area contributed by atoms with E-state index in [1.54, 1.807) is 23.5 Å². The van der Waals surface area contributed by atoms with E-state index in [9.17, 15) is 4.79 Å². The Bertz CT molecular complexity index is 1070. The summed E-state index contributed by atoms with van der Waals surface area (Å²) in [4.78, 5) is 20.3. The molecule has 4 aromatic heterocycles. The number of hydrogen-bond acceptors (Lipinski definition) is 5. The van der Waals surface area contributed by atoms with E-state index in [-0.39, 0.29) is 11.8 Å². The van der Waals surface area contributed by atoms with E-state index >= 15 is 0 Å². The lowest BCUT2D eigenvalue weighted by molar-refractivity contribution is 0.0672. The van der Waals surface area contributed by atoms with Gasteiger partial charge in [0, 0.05) is 35.6 Å². The van der Waals surface area contributed by atoms with Gasteiger partial charge >= 0.3 is 0 Å². The van der Waals surface area contributed by atoms with E-state index in [2.05, 4.69) is 17.5 Å². The van der Waals surface area contributed by atoms with Gasteiger partial charge in [-0.1, -0.05) is 6.07 Å². The summed E-state index contributed by atoms with van der Waals surface area (Å²) in [5, 5.41) is 6.78. The molecule has 1 aliphatic rings. The smallest absolute Gasteiger partial charge is 0.289 e. The summed E-state index contributed by atoms with van der Waals surface area (Å²) in [5.74, 6) is 1.27. The van der Waals surface area contributed by atoms with E-state index in [0.717, 1.165) is 36.4 Å². The van der Waals surface area contributed by atoms with Crippen LogP contribution in [0.1, 0.15) is 35.1 Å². The summed E-state index contributed by atoms with van der Waals surface area (Å²) in [6, 6.07) is 11.7. The van der Waals surface area contributed by atoms with Crippen molar-refractivity contribution in [2.24, 2.45) is 0 Å². The molecule has 6 nitrogen and oxygen atoms in total. The highest BCUT2D eigenvalue weighted by Gasteiger charge is 2.29. The van der Waals surface area contributed by atoms with E-state index in [4.69, 9.17) is 14.5 Å². The average molecular weight is 378 g/mol. The van der Waals surface area contributed by atoms with Crippen molar-refractivity contribution < 1.29 is 9.21 Å². The number of aromatic nitrogens is 3. The maximum absolute atomic E-state index is 12.6. The molecule has 1 fully saturated rings. The second kappa shape index (κ2) is 6.66. The number of fused-ring (bicyclic) bond motifs is 1. The van der Waals surface area contributed by atoms with Crippen LogP contribution in [0.5, 0.6) is 0 Å². The number of likely N-dealkylation sites (tertiary alicyclic amines) is 1. The third-order valence-corrected chi connectivity index (χ3v) is 5.88. The lowest BCUT2D eigenvalue weighted by Gasteiger charge is -2.30. The minimum atomic E-state index is -0.0616. The highest BCUT2D eigenvalue weighted by atomic mass is 32.1. The largest absolute Gasteiger partial charge is 0.459 e. The van der Waals surface area contributed by atoms with Gasteiger partial charge in [0.05, 0.1) is 6.26 Å². The first kappa shape index (κ1) is 16.3. The van der Waals surface area contributed by atoms with Crippen LogP contribution in [-0.2, 0) is 0 Å². The molecule has 0 aromatic carbocycles. The first-order valence-electron chi connectivity index (χ1n) is 9.01. The summed E-state index contributed by atoms with van der Waals surface area (Å²) < 4.78 is 7.11. The number of carbonyl (C=O) groups excluding carboxylic acids is 1. The van der Waals surface area contributed by atoms with Crippen molar-refractivity contribution in [2.75, 3.05) is 13.1 Å². The van der Waals surface area contributed by atoms with Crippen molar-refractivity contribution in [1.82, 2.24) is 19.5 Å². The lowest BCUT2D eigenvalue weighted by Crippen LogP contribution is -2.39. The molecule has 0 radical (unpaired) electrons. The maximum Gasteiger partial charge on any atom is 0.289 e. The summed E-state index contributed by atoms with van der Waals surface area (Å²) in [7, 11) is 0. The number of amides is 1. The Labute approximate surface area is 160 Å². The third-order valence-electron chi connectivity index (χ3n) is 4.96. The van der Waals surface area contributed by atoms with E-state index in [1.165, 1.54) is 11.1 Å². The van der Waals surface area contributed by atoms with Gasteiger partial charge < -0.3 is 9.32 Å². The minimum absolute atomic E-state index is 0.0616. The van der Waals surface area contributed by atoms with Gasteiger partial charge in [-0.25, -0.2) is 9.50 Å². The van der Waals surface area contributed by atoms with Crippen LogP contribution in [0.25, 0.3) is 16.1 Å². The van der Waals surface area contributed by atoms with Gasteiger partial charge in [0.2, 0.25) is 0 Å². The van der Waals surface area contributed by atoms with Gasteiger partial charge in [-0.15, -0.1) is 11.3 Å². The molecule has 1 aliphatic heterocycles. The molecule has 0 N–H and O–H groups in total. The molecular weight excluding hydrogens is 360 g/mol. The molecule has 0 spiro atoms. The number of carbonyl (C=O) groups is 1. The number of nitrogens with zero attached hydrogens (tertiary/aromatic N) is 4. The van der Waals surface area contributed by atoms with Crippen molar-refractivity contribution in [1.29, 1.82) is 0 Å². The van der Waals surface area contributed by atoms with E-state index in [1.807, 2.05) is 27.7 Å². The summed E-state index contributed by atoms with van der Waals surface area (Å²) in [6.45, 7) is 1.36. The van der Waals surface area contributed by atoms with Crippen molar-refractivity contribution >= 4 is 22.9 Å². The zero-order chi connectivity index (χ0) is 18.2. The molecule has 0 saturated carbocycles. The molecule has 1 amide bonds. The standard InChI is InChI=1S/C20H18N4O2S/c25-20(16-5-2-10-26-16)23-9-1-4-15(12-23)19-21-18-8-7-14(13-24(18)22-19)17-6-3-11-27-17/h2-3,5-8,10-11,13,15H,1,4,9,12H2/t15-/m0/s1. The molecule has 4 aromatic rings. The van der Waals surface area contributed by atoms with Crippen LogP contribution < -0.4 is 0 Å². The number of furan rings is 1. The fraction of sp³-hybridized carbons (Fsp3) is 0.250. The fourth-order valence-electron chi connectivity index (χ4n) is 3.59. The average Bonchev–Trinajstić information content (AvgIpc) is 3.48. The van der Waals surface area contributed by atoms with Gasteiger partial charge in [-0.2, -0.15) is 5.10 Å². The zero-order valence-corrected chi connectivity index (χ0v) is 15.4. The molecule has 1 atom stereocenters. The molecule has 0 aliphatic carbocycles. The zero-order valence-electron chi connectivity index (χ0n) is 14.6. The Morgan fingerprint density at radius 3 is 3.00 bits per heavy atom. The first-order valence-corrected chi connectivity index (χ1v) is 9.89. The highest BCUT2D eigenvalue weighted by molar-refractivity contribution is 7.13. The van der Waals surface area contributed by atoms with Gasteiger partial charge in [0.25, 0.3) is 5.91 Å². The van der Waals surface area contributed by atoms with Gasteiger partial charge in [-0.3, -0.25) is 4.79 Å². The van der Waals surface area contributed by atoms with E-state index < -0.39 is 0 Å². The molecule has 1 saturated heterocycles. The number of thiophene rings is 1. The second-order valence-electron chi connectivity index (χ2n) is 6.74. The molecule has 0 bridgehead atoms. The third kappa shape index (κ3) is 3.04. The van der Waals surface area contributed by atoms with Crippen LogP contribution >= 0.6 is 11.3 Å². The molecule has 5 rings (SSSR count). The summed E-state index contributed by atoms with van der Waals surface area (Å²) in [6.07, 6.45) is 5.47. The minimum Gasteiger partial charge on any atom is -0.459 e. The highest BCUT2D eigenvalue weighted by Crippen LogP contribution is 2.28. The van der Waals surface area contributed by atoms with Crippen molar-refractivity contribution in [2.45, 2.75) is 18.8 Å². The lowest BCUT2D eigenvalue weighted by atomic mass is 9.97. The molecular formula is C20H18N4O2S. The number of hydrogen-bond donors (Lipinski definition) is 0. The Morgan fingerprint density at radius 1 is 1.22 bits per heavy atom. The first-order chi connectivity index (χ1) is 13.3. The molecule has 7 heteroatoms. The fourth-order valence-corrected chi connectivity index (χ4v) is 4.31. The SMILES string of the molecule is O=C(c1ccco1)N1CCC[C@H](c2nc3ccc(-c4cccs4)cn3n2)C1. The Hall–Kier alpha value is -2.93. The van der Waals surface area contributed by atoms with Crippen molar-refractivity contribution in [3.63, 3.8) is 0 Å². The topological polar surface area (TPSA) is 63.6 Å². The Morgan fingerprint density at radius 2 is 2.19 bits per heavy atom. The van der Waals surface area contributed by atoms with Gasteiger partial charge in [-0.05, 0) is 48.6 Å². The molecule has 136 valence electrons. The molecule has 5 heterocycles. The number of piperidine rings is 1. The van der Waals surface area contributed by atoms with Crippen LogP contribution in [0.15, 0.2) is 58.7 Å². The molecule has 27 heavy (non-hydrogen) atoms. The maximum atomic E-state index is 12.6. The Balaban J connectivity index is 1.40. The van der Waals surface area contributed by atoms with Crippen LogP contribution in [-0.4, -0.2) is 38.5 Å². The number of pyridine rings is 1.